The van der Waals surface area contributed by atoms with Crippen molar-refractivity contribution in [3.63, 3.8) is 0 Å². The number of aliphatic hydroxyl groups excluding tert-OH is 2. The van der Waals surface area contributed by atoms with Crippen molar-refractivity contribution in [3.05, 3.63) is 35.9 Å². The van der Waals surface area contributed by atoms with E-state index in [0.717, 1.165) is 5.56 Å². The number of ether oxygens (including phenoxy) is 2. The summed E-state index contributed by atoms with van der Waals surface area (Å²) in [6.07, 6.45) is -1.16. The van der Waals surface area contributed by atoms with E-state index >= 15 is 0 Å². The van der Waals surface area contributed by atoms with Crippen LogP contribution in [0.2, 0.25) is 0 Å². The summed E-state index contributed by atoms with van der Waals surface area (Å²) in [4.78, 5) is 0. The molecule has 2 N–H and O–H groups in total. The highest BCUT2D eigenvalue weighted by Gasteiger charge is 2.33. The van der Waals surface area contributed by atoms with E-state index in [0.29, 0.717) is 13.0 Å². The largest absolute Gasteiger partial charge is 0.394 e. The Balaban J connectivity index is 1.80. The molecule has 16 heavy (non-hydrogen) atoms. The lowest BCUT2D eigenvalue weighted by Gasteiger charge is -2.12. The Labute approximate surface area is 94.4 Å². The smallest absolute Gasteiger partial charge is 0.161 e. The summed E-state index contributed by atoms with van der Waals surface area (Å²) in [6.45, 7) is 0.280. The van der Waals surface area contributed by atoms with Crippen LogP contribution in [0.1, 0.15) is 12.0 Å². The standard InChI is InChI=1S/C12H16O4/c13-7-11-10(14)6-12(16-11)15-8-9-4-2-1-3-5-9/h1-5,10-14H,6-8H2/t10-,11+,12+/m0/s1. The van der Waals surface area contributed by atoms with Crippen molar-refractivity contribution in [2.75, 3.05) is 6.61 Å². The van der Waals surface area contributed by atoms with Gasteiger partial charge in [-0.3, -0.25) is 0 Å². The first-order valence-electron chi connectivity index (χ1n) is 5.39. The molecule has 88 valence electrons. The van der Waals surface area contributed by atoms with Gasteiger partial charge in [-0.05, 0) is 5.56 Å². The zero-order chi connectivity index (χ0) is 11.4. The third-order valence-electron chi connectivity index (χ3n) is 2.65. The molecule has 4 heteroatoms. The first-order chi connectivity index (χ1) is 7.79. The van der Waals surface area contributed by atoms with E-state index in [-0.39, 0.29) is 6.61 Å². The fourth-order valence-corrected chi connectivity index (χ4v) is 1.73. The maximum Gasteiger partial charge on any atom is 0.161 e. The summed E-state index contributed by atoms with van der Waals surface area (Å²) >= 11 is 0. The Kier molecular flexibility index (Phi) is 3.90. The van der Waals surface area contributed by atoms with Crippen LogP contribution in [0.3, 0.4) is 0 Å². The van der Waals surface area contributed by atoms with Crippen molar-refractivity contribution in [1.82, 2.24) is 0 Å². The summed E-state index contributed by atoms with van der Waals surface area (Å²) in [6, 6.07) is 9.77. The second-order valence-electron chi connectivity index (χ2n) is 3.89. The molecular formula is C12H16O4. The summed E-state index contributed by atoms with van der Waals surface area (Å²) < 4.78 is 10.8. The molecule has 0 aromatic heterocycles. The Morgan fingerprint density at radius 2 is 2.06 bits per heavy atom. The number of rotatable bonds is 4. The Hall–Kier alpha value is -0.940. The van der Waals surface area contributed by atoms with E-state index in [1.807, 2.05) is 30.3 Å². The van der Waals surface area contributed by atoms with Gasteiger partial charge in [-0.15, -0.1) is 0 Å². The van der Waals surface area contributed by atoms with Crippen LogP contribution in [-0.2, 0) is 16.1 Å². The van der Waals surface area contributed by atoms with Gasteiger partial charge >= 0.3 is 0 Å². The third-order valence-corrected chi connectivity index (χ3v) is 2.65. The van der Waals surface area contributed by atoms with Crippen molar-refractivity contribution in [1.29, 1.82) is 0 Å². The van der Waals surface area contributed by atoms with Crippen LogP contribution in [0.5, 0.6) is 0 Å². The van der Waals surface area contributed by atoms with Gasteiger partial charge in [0.05, 0.1) is 19.3 Å². The Morgan fingerprint density at radius 3 is 2.69 bits per heavy atom. The molecule has 0 saturated carbocycles. The summed E-state index contributed by atoms with van der Waals surface area (Å²) in [7, 11) is 0. The second kappa shape index (κ2) is 5.41. The lowest BCUT2D eigenvalue weighted by atomic mass is 10.2. The average Bonchev–Trinajstić information content (AvgIpc) is 2.69. The molecule has 1 saturated heterocycles. The van der Waals surface area contributed by atoms with Gasteiger partial charge < -0.3 is 19.7 Å². The Morgan fingerprint density at radius 1 is 1.31 bits per heavy atom. The molecule has 1 aliphatic heterocycles. The minimum absolute atomic E-state index is 0.174. The average molecular weight is 224 g/mol. The van der Waals surface area contributed by atoms with Gasteiger partial charge in [-0.1, -0.05) is 30.3 Å². The van der Waals surface area contributed by atoms with Crippen molar-refractivity contribution in [3.8, 4) is 0 Å². The lowest BCUT2D eigenvalue weighted by molar-refractivity contribution is -0.149. The van der Waals surface area contributed by atoms with Gasteiger partial charge in [0.2, 0.25) is 0 Å². The molecule has 2 rings (SSSR count). The van der Waals surface area contributed by atoms with E-state index in [1.54, 1.807) is 0 Å². The minimum Gasteiger partial charge on any atom is -0.394 e. The number of aliphatic hydroxyl groups is 2. The lowest BCUT2D eigenvalue weighted by Crippen LogP contribution is -2.24. The van der Waals surface area contributed by atoms with Gasteiger partial charge in [0, 0.05) is 6.42 Å². The van der Waals surface area contributed by atoms with Crippen LogP contribution < -0.4 is 0 Å². The van der Waals surface area contributed by atoms with Crippen LogP contribution in [0.25, 0.3) is 0 Å². The fourth-order valence-electron chi connectivity index (χ4n) is 1.73. The predicted molar refractivity (Wildman–Crippen MR) is 57.6 cm³/mol. The molecule has 0 bridgehead atoms. The van der Waals surface area contributed by atoms with Crippen molar-refractivity contribution in [2.24, 2.45) is 0 Å². The topological polar surface area (TPSA) is 58.9 Å². The first-order valence-corrected chi connectivity index (χ1v) is 5.39. The van der Waals surface area contributed by atoms with Crippen LogP contribution in [0, 0.1) is 0 Å². The highest BCUT2D eigenvalue weighted by Crippen LogP contribution is 2.21. The van der Waals surface area contributed by atoms with Crippen LogP contribution in [0.15, 0.2) is 30.3 Å². The monoisotopic (exact) mass is 224 g/mol. The second-order valence-corrected chi connectivity index (χ2v) is 3.89. The molecule has 3 atom stereocenters. The molecule has 0 unspecified atom stereocenters. The number of hydrogen-bond acceptors (Lipinski definition) is 4. The van der Waals surface area contributed by atoms with Crippen molar-refractivity contribution < 1.29 is 19.7 Å². The predicted octanol–water partition coefficient (Wildman–Crippen LogP) is 0.671. The van der Waals surface area contributed by atoms with Gasteiger partial charge in [0.15, 0.2) is 6.29 Å². The molecule has 0 aliphatic carbocycles. The maximum atomic E-state index is 9.49. The van der Waals surface area contributed by atoms with Gasteiger partial charge in [0.1, 0.15) is 6.10 Å². The Bertz CT molecular complexity index is 314. The quantitative estimate of drug-likeness (QED) is 0.789. The molecule has 0 radical (unpaired) electrons. The van der Waals surface area contributed by atoms with E-state index in [2.05, 4.69) is 0 Å². The van der Waals surface area contributed by atoms with Gasteiger partial charge in [-0.25, -0.2) is 0 Å². The normalized spacial score (nSPS) is 29.5. The zero-order valence-electron chi connectivity index (χ0n) is 8.95. The molecule has 0 amide bonds. The fraction of sp³-hybridized carbons (Fsp3) is 0.500. The highest BCUT2D eigenvalue weighted by atomic mass is 16.7. The van der Waals surface area contributed by atoms with Gasteiger partial charge in [0.25, 0.3) is 0 Å². The molecule has 1 aromatic carbocycles. The van der Waals surface area contributed by atoms with Crippen molar-refractivity contribution >= 4 is 0 Å². The van der Waals surface area contributed by atoms with E-state index in [4.69, 9.17) is 14.6 Å². The molecule has 1 aromatic rings. The highest BCUT2D eigenvalue weighted by molar-refractivity contribution is 5.13. The van der Waals surface area contributed by atoms with E-state index in [1.165, 1.54) is 0 Å². The molecule has 0 spiro atoms. The van der Waals surface area contributed by atoms with E-state index < -0.39 is 18.5 Å². The van der Waals surface area contributed by atoms with Crippen molar-refractivity contribution in [2.45, 2.75) is 31.5 Å². The summed E-state index contributed by atoms with van der Waals surface area (Å²) in [5.74, 6) is 0. The third kappa shape index (κ3) is 2.80. The van der Waals surface area contributed by atoms with Crippen LogP contribution >= 0.6 is 0 Å². The van der Waals surface area contributed by atoms with Crippen LogP contribution in [-0.4, -0.2) is 35.3 Å². The maximum absolute atomic E-state index is 9.49. The number of hydrogen-bond donors (Lipinski definition) is 2. The molecular weight excluding hydrogens is 208 g/mol. The first kappa shape index (κ1) is 11.5. The number of benzene rings is 1. The zero-order valence-corrected chi connectivity index (χ0v) is 8.95. The molecule has 1 fully saturated rings. The molecule has 4 nitrogen and oxygen atoms in total. The minimum atomic E-state index is -0.634. The van der Waals surface area contributed by atoms with E-state index in [9.17, 15) is 5.11 Å². The SMILES string of the molecule is OC[C@H]1O[C@@H](OCc2ccccc2)C[C@@H]1O. The molecule has 1 aliphatic rings. The van der Waals surface area contributed by atoms with Crippen LogP contribution in [0.4, 0.5) is 0 Å². The summed E-state index contributed by atoms with van der Waals surface area (Å²) in [5.41, 5.74) is 1.06. The summed E-state index contributed by atoms with van der Waals surface area (Å²) in [5, 5.41) is 18.4. The molecule has 1 heterocycles. The van der Waals surface area contributed by atoms with Gasteiger partial charge in [-0.2, -0.15) is 0 Å².